The van der Waals surface area contributed by atoms with Gasteiger partial charge in [0.2, 0.25) is 5.91 Å². The van der Waals surface area contributed by atoms with E-state index in [2.05, 4.69) is 5.32 Å². The first kappa shape index (κ1) is 24.5. The minimum atomic E-state index is -1.64. The summed E-state index contributed by atoms with van der Waals surface area (Å²) in [7, 11) is 0. The van der Waals surface area contributed by atoms with E-state index in [0.717, 1.165) is 11.3 Å². The summed E-state index contributed by atoms with van der Waals surface area (Å²) in [6.45, 7) is 6.64. The molecule has 0 unspecified atom stereocenters. The van der Waals surface area contributed by atoms with Crippen LogP contribution in [0.3, 0.4) is 0 Å². The molecule has 0 saturated carbocycles. The highest BCUT2D eigenvalue weighted by molar-refractivity contribution is 6.03. The van der Waals surface area contributed by atoms with E-state index in [9.17, 15) is 19.2 Å². The molecular formula is C24H33N3O6. The van der Waals surface area contributed by atoms with Crippen LogP contribution in [-0.4, -0.2) is 66.0 Å². The molecule has 3 amide bonds. The average molecular weight is 460 g/mol. The van der Waals surface area contributed by atoms with E-state index in [1.807, 2.05) is 29.2 Å². The number of nitrogens with zero attached hydrogens (tertiary/aromatic N) is 2. The molecule has 2 heterocycles. The molecule has 0 atom stereocenters. The van der Waals surface area contributed by atoms with Gasteiger partial charge in [-0.05, 0) is 44.7 Å². The van der Waals surface area contributed by atoms with Crippen LogP contribution in [0.4, 0.5) is 10.5 Å². The van der Waals surface area contributed by atoms with Crippen LogP contribution >= 0.6 is 0 Å². The highest BCUT2D eigenvalue weighted by atomic mass is 16.6. The van der Waals surface area contributed by atoms with Gasteiger partial charge in [-0.25, -0.2) is 4.79 Å². The third-order valence-corrected chi connectivity index (χ3v) is 6.51. The van der Waals surface area contributed by atoms with Crippen molar-refractivity contribution in [2.75, 3.05) is 31.6 Å². The number of carbonyl (C=O) groups is 4. The fourth-order valence-corrected chi connectivity index (χ4v) is 4.49. The number of benzene rings is 1. The van der Waals surface area contributed by atoms with Crippen LogP contribution in [-0.2, 0) is 30.4 Å². The maximum Gasteiger partial charge on any atom is 0.324 e. The zero-order chi connectivity index (χ0) is 24.0. The van der Waals surface area contributed by atoms with Crippen molar-refractivity contribution in [3.8, 4) is 0 Å². The number of nitrogens with one attached hydrogen (secondary N) is 1. The van der Waals surface area contributed by atoms with Crippen molar-refractivity contribution in [1.82, 2.24) is 9.80 Å². The van der Waals surface area contributed by atoms with E-state index in [4.69, 9.17) is 9.47 Å². The fraction of sp³-hybridized carbons (Fsp3) is 0.583. The first-order valence-electron chi connectivity index (χ1n) is 11.6. The minimum absolute atomic E-state index is 0.00783. The molecule has 1 aromatic carbocycles. The third kappa shape index (κ3) is 5.12. The Morgan fingerprint density at radius 2 is 1.64 bits per heavy atom. The van der Waals surface area contributed by atoms with Crippen LogP contribution in [0.15, 0.2) is 24.3 Å². The first-order valence-corrected chi connectivity index (χ1v) is 11.6. The Hall–Kier alpha value is -3.10. The summed E-state index contributed by atoms with van der Waals surface area (Å²) in [6, 6.07) is 7.60. The van der Waals surface area contributed by atoms with Crippen LogP contribution in [0, 0.1) is 5.41 Å². The second-order valence-electron chi connectivity index (χ2n) is 8.38. The van der Waals surface area contributed by atoms with Crippen LogP contribution in [0.5, 0.6) is 0 Å². The number of piperidine rings is 1. The Balaban J connectivity index is 1.64. The van der Waals surface area contributed by atoms with Crippen molar-refractivity contribution < 1.29 is 28.7 Å². The molecule has 1 aromatic rings. The van der Waals surface area contributed by atoms with Gasteiger partial charge in [-0.3, -0.25) is 14.4 Å². The number of hydrogen-bond donors (Lipinski definition) is 1. The van der Waals surface area contributed by atoms with E-state index >= 15 is 0 Å². The molecule has 2 aliphatic rings. The molecule has 0 aliphatic carbocycles. The highest BCUT2D eigenvalue weighted by Gasteiger charge is 2.50. The Bertz CT molecular complexity index is 876. The molecule has 0 spiro atoms. The van der Waals surface area contributed by atoms with E-state index in [0.29, 0.717) is 32.5 Å². The van der Waals surface area contributed by atoms with Gasteiger partial charge < -0.3 is 24.6 Å². The highest BCUT2D eigenvalue weighted by Crippen LogP contribution is 2.33. The number of esters is 2. The topological polar surface area (TPSA) is 105 Å². The Kier molecular flexibility index (Phi) is 7.94. The molecule has 0 radical (unpaired) electrons. The number of para-hydroxylation sites is 1. The summed E-state index contributed by atoms with van der Waals surface area (Å²) in [4.78, 5) is 54.6. The normalized spacial score (nSPS) is 16.6. The lowest BCUT2D eigenvalue weighted by molar-refractivity contribution is -0.175. The molecule has 0 aromatic heterocycles. The smallest absolute Gasteiger partial charge is 0.324 e. The van der Waals surface area contributed by atoms with Crippen molar-refractivity contribution in [1.29, 1.82) is 0 Å². The number of hydrogen-bond acceptors (Lipinski definition) is 6. The zero-order valence-corrected chi connectivity index (χ0v) is 19.6. The molecule has 0 bridgehead atoms. The molecule has 1 saturated heterocycles. The van der Waals surface area contributed by atoms with Crippen molar-refractivity contribution in [2.45, 2.75) is 59.0 Å². The van der Waals surface area contributed by atoms with E-state index in [1.54, 1.807) is 25.7 Å². The lowest BCUT2D eigenvalue weighted by atomic mass is 9.81. The predicted octanol–water partition coefficient (Wildman–Crippen LogP) is 2.94. The van der Waals surface area contributed by atoms with E-state index in [-0.39, 0.29) is 44.0 Å². The summed E-state index contributed by atoms with van der Waals surface area (Å²) in [5.74, 6) is -1.74. The summed E-state index contributed by atoms with van der Waals surface area (Å²) >= 11 is 0. The van der Waals surface area contributed by atoms with E-state index < -0.39 is 17.4 Å². The van der Waals surface area contributed by atoms with Crippen LogP contribution in [0.25, 0.3) is 0 Å². The molecule has 3 rings (SSSR count). The van der Waals surface area contributed by atoms with Gasteiger partial charge in [-0.2, -0.15) is 0 Å². The van der Waals surface area contributed by atoms with Crippen LogP contribution in [0.1, 0.15) is 52.0 Å². The standard InChI is InChI=1S/C24H33N3O6/c1-4-24(21(29)32-5-2,22(30)33-6-3)15-20(28)26-13-11-18(12-14-26)27-16-17-9-7-8-10-19(17)25-23(27)31/h7-10,18H,4-6,11-16H2,1-3H3,(H,25,31). The summed E-state index contributed by atoms with van der Waals surface area (Å²) in [6.07, 6.45) is 1.07. The van der Waals surface area contributed by atoms with Gasteiger partial charge >= 0.3 is 18.0 Å². The van der Waals surface area contributed by atoms with Gasteiger partial charge in [0.1, 0.15) is 0 Å². The number of carbonyl (C=O) groups excluding carboxylic acids is 4. The van der Waals surface area contributed by atoms with Crippen LogP contribution in [0.2, 0.25) is 0 Å². The Morgan fingerprint density at radius 1 is 1.03 bits per heavy atom. The zero-order valence-electron chi connectivity index (χ0n) is 19.6. The largest absolute Gasteiger partial charge is 0.465 e. The van der Waals surface area contributed by atoms with Gasteiger partial charge in [-0.1, -0.05) is 25.1 Å². The second kappa shape index (κ2) is 10.7. The monoisotopic (exact) mass is 459 g/mol. The lowest BCUT2D eigenvalue weighted by Gasteiger charge is -2.41. The second-order valence-corrected chi connectivity index (χ2v) is 8.38. The van der Waals surface area contributed by atoms with Crippen molar-refractivity contribution in [2.24, 2.45) is 5.41 Å². The van der Waals surface area contributed by atoms with Gasteiger partial charge in [0.05, 0.1) is 19.6 Å². The Morgan fingerprint density at radius 3 is 2.21 bits per heavy atom. The predicted molar refractivity (Wildman–Crippen MR) is 121 cm³/mol. The van der Waals surface area contributed by atoms with Crippen molar-refractivity contribution in [3.63, 3.8) is 0 Å². The summed E-state index contributed by atoms with van der Waals surface area (Å²) < 4.78 is 10.3. The van der Waals surface area contributed by atoms with Gasteiger partial charge in [0, 0.05) is 31.4 Å². The number of rotatable bonds is 8. The van der Waals surface area contributed by atoms with Gasteiger partial charge in [0.25, 0.3) is 0 Å². The molecule has 1 fully saturated rings. The fourth-order valence-electron chi connectivity index (χ4n) is 4.49. The maximum absolute atomic E-state index is 13.1. The lowest BCUT2D eigenvalue weighted by Crippen LogP contribution is -2.52. The van der Waals surface area contributed by atoms with E-state index in [1.165, 1.54) is 0 Å². The Labute approximate surface area is 194 Å². The maximum atomic E-state index is 13.1. The van der Waals surface area contributed by atoms with Gasteiger partial charge in [0.15, 0.2) is 5.41 Å². The molecule has 9 nitrogen and oxygen atoms in total. The number of ether oxygens (including phenoxy) is 2. The number of amides is 3. The van der Waals surface area contributed by atoms with Gasteiger partial charge in [-0.15, -0.1) is 0 Å². The number of likely N-dealkylation sites (tertiary alicyclic amines) is 1. The number of anilines is 1. The van der Waals surface area contributed by atoms with Crippen LogP contribution < -0.4 is 5.32 Å². The minimum Gasteiger partial charge on any atom is -0.465 e. The molecule has 2 aliphatic heterocycles. The molecule has 1 N–H and O–H groups in total. The van der Waals surface area contributed by atoms with Crippen molar-refractivity contribution in [3.05, 3.63) is 29.8 Å². The molecule has 9 heteroatoms. The molecule has 33 heavy (non-hydrogen) atoms. The first-order chi connectivity index (χ1) is 15.9. The third-order valence-electron chi connectivity index (χ3n) is 6.51. The quantitative estimate of drug-likeness (QED) is 0.473. The molecule has 180 valence electrons. The SMILES string of the molecule is CCOC(=O)C(CC)(CC(=O)N1CCC(N2Cc3ccccc3NC2=O)CC1)C(=O)OCC. The number of urea groups is 1. The summed E-state index contributed by atoms with van der Waals surface area (Å²) in [5.41, 5.74) is 0.253. The van der Waals surface area contributed by atoms with Crippen molar-refractivity contribution >= 4 is 29.6 Å². The summed E-state index contributed by atoms with van der Waals surface area (Å²) in [5, 5.41) is 2.93. The average Bonchev–Trinajstić information content (AvgIpc) is 2.82. The number of fused-ring (bicyclic) bond motifs is 1. The molecular weight excluding hydrogens is 426 g/mol.